The summed E-state index contributed by atoms with van der Waals surface area (Å²) in [4.78, 5) is 23.2. The van der Waals surface area contributed by atoms with Gasteiger partial charge >= 0.3 is 0 Å². The van der Waals surface area contributed by atoms with Crippen LogP contribution in [-0.4, -0.2) is 71.9 Å². The number of nitrogen functional groups attached to an aromatic ring is 1. The Balaban J connectivity index is 1.21. The van der Waals surface area contributed by atoms with Gasteiger partial charge in [0.25, 0.3) is 0 Å². The van der Waals surface area contributed by atoms with E-state index in [4.69, 9.17) is 5.73 Å². The van der Waals surface area contributed by atoms with Crippen molar-refractivity contribution in [3.05, 3.63) is 58.6 Å². The second-order valence-electron chi connectivity index (χ2n) is 9.51. The van der Waals surface area contributed by atoms with Crippen LogP contribution in [0.25, 0.3) is 0 Å². The van der Waals surface area contributed by atoms with Crippen molar-refractivity contribution in [1.82, 2.24) is 14.3 Å². The molecule has 14 heteroatoms. The summed E-state index contributed by atoms with van der Waals surface area (Å²) in [6, 6.07) is 6.25. The first-order chi connectivity index (χ1) is 18.7. The van der Waals surface area contributed by atoms with Gasteiger partial charge in [0.1, 0.15) is 33.0 Å². The summed E-state index contributed by atoms with van der Waals surface area (Å²) in [6.07, 6.45) is 4.13. The highest BCUT2D eigenvalue weighted by molar-refractivity contribution is 7.89. The SMILES string of the molecule is Nc1nc(NC2CCN(S(=O)(=O)c3ccc(N4CCC[C@@H]4CO)nc3)CC2)sc1C(=O)c1c(F)cccc1F. The molecule has 1 atom stereocenters. The number of ketones is 1. The number of piperidine rings is 1. The number of thiazole rings is 1. The fourth-order valence-corrected chi connectivity index (χ4v) is 7.29. The molecule has 10 nitrogen and oxygen atoms in total. The lowest BCUT2D eigenvalue weighted by molar-refractivity contribution is 0.103. The van der Waals surface area contributed by atoms with Crippen molar-refractivity contribution < 1.29 is 27.1 Å². The van der Waals surface area contributed by atoms with Crippen LogP contribution in [0.3, 0.4) is 0 Å². The number of rotatable bonds is 8. The third-order valence-corrected chi connectivity index (χ3v) is 9.95. The normalized spacial score (nSPS) is 18.9. The molecule has 5 rings (SSSR count). The standard InChI is InChI=1S/C25H28F2N6O4S2/c26-18-4-1-5-19(27)21(18)22(35)23-24(28)31-25(38-23)30-15-8-11-32(12-9-15)39(36,37)17-6-7-20(29-13-17)33-10-2-3-16(33)14-34/h1,4-7,13,15-16,34H,2-3,8-12,14,28H2,(H,30,31)/t16-/m1/s1. The zero-order valence-electron chi connectivity index (χ0n) is 20.9. The maximum atomic E-state index is 14.1. The first-order valence-electron chi connectivity index (χ1n) is 12.5. The van der Waals surface area contributed by atoms with Crippen LogP contribution in [0.4, 0.5) is 25.5 Å². The van der Waals surface area contributed by atoms with Crippen molar-refractivity contribution in [3.8, 4) is 0 Å². The van der Waals surface area contributed by atoms with E-state index in [2.05, 4.69) is 15.3 Å². The quantitative estimate of drug-likeness (QED) is 0.344. The maximum Gasteiger partial charge on any atom is 0.244 e. The number of pyridine rings is 1. The third kappa shape index (κ3) is 5.46. The number of aliphatic hydroxyl groups excluding tert-OH is 1. The summed E-state index contributed by atoms with van der Waals surface area (Å²) in [6.45, 7) is 1.31. The number of nitrogens with zero attached hydrogens (tertiary/aromatic N) is 4. The molecular weight excluding hydrogens is 550 g/mol. The molecule has 4 heterocycles. The number of nitrogens with one attached hydrogen (secondary N) is 1. The van der Waals surface area contributed by atoms with Gasteiger partial charge in [0.2, 0.25) is 15.8 Å². The number of hydrogen-bond acceptors (Lipinski definition) is 10. The zero-order chi connectivity index (χ0) is 27.7. The molecule has 39 heavy (non-hydrogen) atoms. The minimum atomic E-state index is -3.74. The Morgan fingerprint density at radius 3 is 2.49 bits per heavy atom. The van der Waals surface area contributed by atoms with Gasteiger partial charge in [0.15, 0.2) is 5.13 Å². The van der Waals surface area contributed by atoms with Gasteiger partial charge in [-0.15, -0.1) is 0 Å². The molecule has 0 aliphatic carbocycles. The van der Waals surface area contributed by atoms with E-state index in [1.54, 1.807) is 12.1 Å². The van der Waals surface area contributed by atoms with Crippen LogP contribution in [0.15, 0.2) is 41.4 Å². The summed E-state index contributed by atoms with van der Waals surface area (Å²) in [5.41, 5.74) is 5.19. The summed E-state index contributed by atoms with van der Waals surface area (Å²) >= 11 is 0.900. The van der Waals surface area contributed by atoms with Gasteiger partial charge in [-0.2, -0.15) is 4.31 Å². The monoisotopic (exact) mass is 578 g/mol. The fraction of sp³-hybridized carbons (Fsp3) is 0.400. The number of carbonyl (C=O) groups is 1. The van der Waals surface area contributed by atoms with Crippen molar-refractivity contribution in [2.75, 3.05) is 42.2 Å². The molecule has 0 bridgehead atoms. The number of nitrogens with two attached hydrogens (primary N) is 1. The van der Waals surface area contributed by atoms with Gasteiger partial charge in [-0.1, -0.05) is 17.4 Å². The number of hydrogen-bond donors (Lipinski definition) is 3. The predicted octanol–water partition coefficient (Wildman–Crippen LogP) is 2.86. The van der Waals surface area contributed by atoms with E-state index >= 15 is 0 Å². The van der Waals surface area contributed by atoms with Crippen molar-refractivity contribution in [3.63, 3.8) is 0 Å². The molecule has 2 saturated heterocycles. The molecule has 2 aromatic heterocycles. The molecule has 3 aromatic rings. The van der Waals surface area contributed by atoms with Gasteiger partial charge in [0, 0.05) is 31.9 Å². The van der Waals surface area contributed by atoms with E-state index in [0.717, 1.165) is 42.9 Å². The largest absolute Gasteiger partial charge is 0.394 e. The average Bonchev–Trinajstić information content (AvgIpc) is 3.55. The van der Waals surface area contributed by atoms with Crippen molar-refractivity contribution in [2.24, 2.45) is 0 Å². The smallest absolute Gasteiger partial charge is 0.244 e. The molecule has 2 aliphatic rings. The van der Waals surface area contributed by atoms with E-state index < -0.39 is 33.0 Å². The molecule has 0 spiro atoms. The summed E-state index contributed by atoms with van der Waals surface area (Å²) in [5.74, 6) is -2.33. The number of aliphatic hydroxyl groups is 1. The summed E-state index contributed by atoms with van der Waals surface area (Å²) in [7, 11) is -3.74. The minimum Gasteiger partial charge on any atom is -0.394 e. The zero-order valence-corrected chi connectivity index (χ0v) is 22.5. The van der Waals surface area contributed by atoms with Crippen LogP contribution in [0.5, 0.6) is 0 Å². The number of carbonyl (C=O) groups excluding carboxylic acids is 1. The highest BCUT2D eigenvalue weighted by atomic mass is 32.2. The van der Waals surface area contributed by atoms with Crippen LogP contribution in [0, 0.1) is 11.6 Å². The second-order valence-corrected chi connectivity index (χ2v) is 12.4. The van der Waals surface area contributed by atoms with Crippen molar-refractivity contribution >= 4 is 43.9 Å². The van der Waals surface area contributed by atoms with Gasteiger partial charge in [-0.25, -0.2) is 27.2 Å². The number of aromatic nitrogens is 2. The van der Waals surface area contributed by atoms with Crippen LogP contribution in [0.2, 0.25) is 0 Å². The van der Waals surface area contributed by atoms with Crippen LogP contribution < -0.4 is 16.0 Å². The average molecular weight is 579 g/mol. The number of sulfonamides is 1. The lowest BCUT2D eigenvalue weighted by atomic mass is 10.1. The summed E-state index contributed by atoms with van der Waals surface area (Å²) in [5, 5.41) is 13.0. The molecule has 2 aliphatic heterocycles. The Bertz CT molecular complexity index is 1440. The Kier molecular flexibility index (Phi) is 7.80. The lowest BCUT2D eigenvalue weighted by Gasteiger charge is -2.31. The highest BCUT2D eigenvalue weighted by Gasteiger charge is 2.32. The molecule has 0 unspecified atom stereocenters. The van der Waals surface area contributed by atoms with Gasteiger partial charge in [0.05, 0.1) is 18.2 Å². The Morgan fingerprint density at radius 2 is 1.85 bits per heavy atom. The van der Waals surface area contributed by atoms with E-state index in [-0.39, 0.29) is 47.4 Å². The molecule has 1 aromatic carbocycles. The Morgan fingerprint density at radius 1 is 1.13 bits per heavy atom. The third-order valence-electron chi connectivity index (χ3n) is 7.07. The Hall–Kier alpha value is -3.20. The molecule has 0 saturated carbocycles. The van der Waals surface area contributed by atoms with Crippen molar-refractivity contribution in [1.29, 1.82) is 0 Å². The first-order valence-corrected chi connectivity index (χ1v) is 14.8. The second kappa shape index (κ2) is 11.1. The molecule has 0 amide bonds. The van der Waals surface area contributed by atoms with E-state index in [1.807, 2.05) is 4.90 Å². The van der Waals surface area contributed by atoms with Crippen molar-refractivity contribution in [2.45, 2.75) is 42.7 Å². The first kappa shape index (κ1) is 27.4. The Labute approximate surface area is 228 Å². The van der Waals surface area contributed by atoms with E-state index in [9.17, 15) is 27.1 Å². The van der Waals surface area contributed by atoms with E-state index in [1.165, 1.54) is 16.6 Å². The fourth-order valence-electron chi connectivity index (χ4n) is 4.97. The molecule has 2 fully saturated rings. The molecule has 208 valence electrons. The number of anilines is 3. The summed E-state index contributed by atoms with van der Waals surface area (Å²) < 4.78 is 56.0. The van der Waals surface area contributed by atoms with Crippen LogP contribution >= 0.6 is 11.3 Å². The highest BCUT2D eigenvalue weighted by Crippen LogP contribution is 2.31. The van der Waals surface area contributed by atoms with Gasteiger partial charge < -0.3 is 21.1 Å². The van der Waals surface area contributed by atoms with Gasteiger partial charge in [-0.05, 0) is 49.9 Å². The topological polar surface area (TPSA) is 142 Å². The maximum absolute atomic E-state index is 14.1. The van der Waals surface area contributed by atoms with Crippen LogP contribution in [0.1, 0.15) is 40.9 Å². The minimum absolute atomic E-state index is 0.00505. The molecular formula is C25H28F2N6O4S2. The predicted molar refractivity (Wildman–Crippen MR) is 143 cm³/mol. The number of halogens is 2. The molecule has 4 N–H and O–H groups in total. The number of benzene rings is 1. The molecule has 0 radical (unpaired) electrons. The lowest BCUT2D eigenvalue weighted by Crippen LogP contribution is -2.42. The van der Waals surface area contributed by atoms with E-state index in [0.29, 0.717) is 23.8 Å². The van der Waals surface area contributed by atoms with Crippen LogP contribution in [-0.2, 0) is 10.0 Å². The van der Waals surface area contributed by atoms with Gasteiger partial charge in [-0.3, -0.25) is 4.79 Å².